The summed E-state index contributed by atoms with van der Waals surface area (Å²) in [5.74, 6) is 6.79. The highest BCUT2D eigenvalue weighted by Gasteiger charge is 2.28. The number of para-hydroxylation sites is 1. The summed E-state index contributed by atoms with van der Waals surface area (Å²) in [5, 5.41) is 9.04. The van der Waals surface area contributed by atoms with E-state index >= 15 is 0 Å². The summed E-state index contributed by atoms with van der Waals surface area (Å²) in [6.45, 7) is 48.9. The van der Waals surface area contributed by atoms with E-state index in [4.69, 9.17) is 85.1 Å². The SMILES string of the molecule is CB1OCc2cc(Oc3ccccc3C#N)ccc21.[C-]#[N+]c1ccc(Oc2ccc3c(c2)COB3C)cc1.[C-]#[N+]c1ccc(Oc2ccc3c(c2)COB3C)cc1[N+]#[C-].[C-]#[N+]c1ccc(Oc2ccc3c(c2)COB3C)nc1.[C-]#[N+]c1cccc(Oc2ccc3c(c2)COB3C)c1. The second-order valence-corrected chi connectivity index (χ2v) is 22.7. The molecule has 5 aliphatic rings. The topological polar surface area (TPSA) is 151 Å². The Balaban J connectivity index is 0.000000123. The van der Waals surface area contributed by atoms with Gasteiger partial charge < -0.3 is 47.0 Å². The Morgan fingerprint density at radius 1 is 0.351 bits per heavy atom. The number of benzene rings is 9. The normalized spacial score (nSPS) is 12.8. The standard InChI is InChI=1S/C16H11BN2O2.3C15H12BNO2.C14H11BN2O2/c1-17-14-6-4-12(8-11(14)10-20-17)21-13-5-7-15(18-2)16(9-13)19-3;1-16-15-8-7-14(9-11(15)10-18-16)19-13-5-3-12(17-2)4-6-13;1-16-15-7-6-14(8-11(15)10-18-16)19-13-5-3-4-12(9-13)17-2;1-16-14-7-6-13(8-12(14)10-18-16)19-15-5-3-2-4-11(15)9-17;1-15-13-5-4-12(7-10(13)9-18-15)19-14-6-3-11(16-2)8-17-14/h4-9H,10H2,1H3;2*3-9H,10H2,1H3;2-8H,10H2,1H3;3-8H,9H2,1H3. The lowest BCUT2D eigenvalue weighted by Gasteiger charge is -2.08. The van der Waals surface area contributed by atoms with Crippen molar-refractivity contribution in [2.75, 3.05) is 0 Å². The van der Waals surface area contributed by atoms with Gasteiger partial charge in [-0.15, -0.1) is 0 Å². The van der Waals surface area contributed by atoms with Crippen LogP contribution in [-0.4, -0.2) is 39.6 Å². The van der Waals surface area contributed by atoms with E-state index in [0.717, 1.165) is 45.4 Å². The zero-order valence-electron chi connectivity index (χ0n) is 53.7. The summed E-state index contributed by atoms with van der Waals surface area (Å²) in [6.07, 6.45) is 1.50. The fourth-order valence-corrected chi connectivity index (χ4v) is 11.1. The van der Waals surface area contributed by atoms with Crippen LogP contribution in [-0.2, 0) is 56.3 Å². The molecule has 97 heavy (non-hydrogen) atoms. The van der Waals surface area contributed by atoms with Crippen LogP contribution in [0.3, 0.4) is 0 Å². The molecule has 0 saturated carbocycles. The largest absolute Gasteiger partial charge is 0.459 e. The van der Waals surface area contributed by atoms with Gasteiger partial charge in [-0.3, -0.25) is 4.85 Å². The highest BCUT2D eigenvalue weighted by molar-refractivity contribution is 6.69. The molecule has 22 heteroatoms. The summed E-state index contributed by atoms with van der Waals surface area (Å²) in [4.78, 5) is 20.8. The van der Waals surface area contributed by atoms with Crippen LogP contribution in [0.1, 0.15) is 33.4 Å². The molecular weight excluding hydrogens is 1210 g/mol. The molecule has 0 unspecified atom stereocenters. The van der Waals surface area contributed by atoms with Crippen LogP contribution in [0, 0.1) is 44.2 Å². The van der Waals surface area contributed by atoms with E-state index in [1.165, 1.54) is 44.6 Å². The van der Waals surface area contributed by atoms with Gasteiger partial charge in [-0.1, -0.05) is 107 Å². The summed E-state index contributed by atoms with van der Waals surface area (Å²) in [7, 11) is 0. The highest BCUT2D eigenvalue weighted by Crippen LogP contribution is 2.36. The Morgan fingerprint density at radius 3 is 1.15 bits per heavy atom. The van der Waals surface area contributed by atoms with E-state index in [9.17, 15) is 0 Å². The Bertz CT molecular complexity index is 4690. The maximum Gasteiger partial charge on any atom is 0.324 e. The fourth-order valence-electron chi connectivity index (χ4n) is 11.1. The summed E-state index contributed by atoms with van der Waals surface area (Å²) < 4.78 is 56.6. The Morgan fingerprint density at radius 2 is 0.732 bits per heavy atom. The lowest BCUT2D eigenvalue weighted by atomic mass is 9.64. The Labute approximate surface area is 566 Å². The zero-order valence-corrected chi connectivity index (χ0v) is 53.7. The van der Waals surface area contributed by atoms with Gasteiger partial charge >= 0.3 is 34.6 Å². The van der Waals surface area contributed by atoms with Crippen LogP contribution in [0.5, 0.6) is 57.6 Å². The van der Waals surface area contributed by atoms with Crippen molar-refractivity contribution < 1.29 is 47.0 Å². The molecule has 9 aromatic carbocycles. The van der Waals surface area contributed by atoms with E-state index in [2.05, 4.69) is 48.2 Å². The van der Waals surface area contributed by atoms with Gasteiger partial charge in [0, 0.05) is 6.20 Å². The second kappa shape index (κ2) is 31.4. The molecule has 15 rings (SSSR count). The van der Waals surface area contributed by atoms with Crippen LogP contribution in [0.2, 0.25) is 34.1 Å². The van der Waals surface area contributed by atoms with Crippen molar-refractivity contribution in [3.05, 3.63) is 291 Å². The monoisotopic (exact) mass is 1270 g/mol. The molecule has 0 spiro atoms. The van der Waals surface area contributed by atoms with Crippen molar-refractivity contribution >= 4 is 90.3 Å². The third-order valence-electron chi connectivity index (χ3n) is 16.3. The molecular formula is C75H58B5N7O10. The molecule has 0 atom stereocenters. The number of fused-ring (bicyclic) bond motifs is 5. The molecule has 0 fully saturated rings. The Hall–Kier alpha value is -11.8. The average molecular weight is 1270 g/mol. The quantitative estimate of drug-likeness (QED) is 0.0947. The van der Waals surface area contributed by atoms with Crippen molar-refractivity contribution in [1.29, 1.82) is 5.26 Å². The molecule has 0 radical (unpaired) electrons. The van der Waals surface area contributed by atoms with Crippen LogP contribution in [0.25, 0.3) is 24.2 Å². The molecule has 0 N–H and O–H groups in total. The van der Waals surface area contributed by atoms with Crippen molar-refractivity contribution in [3.8, 4) is 63.7 Å². The van der Waals surface area contributed by atoms with E-state index in [-0.39, 0.29) is 34.6 Å². The van der Waals surface area contributed by atoms with Crippen LogP contribution >= 0.6 is 0 Å². The first-order valence-electron chi connectivity index (χ1n) is 31.1. The number of hydrogen-bond acceptors (Lipinski definition) is 12. The molecule has 1 aromatic heterocycles. The maximum atomic E-state index is 9.04. The number of hydrogen-bond donors (Lipinski definition) is 0. The number of nitrogens with zero attached hydrogens (tertiary/aromatic N) is 7. The highest BCUT2D eigenvalue weighted by atomic mass is 16.5. The lowest BCUT2D eigenvalue weighted by Crippen LogP contribution is -2.23. The van der Waals surface area contributed by atoms with Gasteiger partial charge in [0.1, 0.15) is 57.8 Å². The molecule has 468 valence electrons. The van der Waals surface area contributed by atoms with Crippen molar-refractivity contribution in [2.45, 2.75) is 67.1 Å². The van der Waals surface area contributed by atoms with Gasteiger partial charge in [-0.25, -0.2) is 24.4 Å². The van der Waals surface area contributed by atoms with E-state index in [1.54, 1.807) is 78.9 Å². The smallest absolute Gasteiger partial charge is 0.324 e. The minimum atomic E-state index is 0.126. The van der Waals surface area contributed by atoms with E-state index in [1.807, 2.05) is 136 Å². The summed E-state index contributed by atoms with van der Waals surface area (Å²) in [5.41, 5.74) is 14.7. The number of nitriles is 1. The molecule has 5 aliphatic heterocycles. The summed E-state index contributed by atoms with van der Waals surface area (Å²) in [6, 6.07) is 61.6. The molecule has 6 heterocycles. The van der Waals surface area contributed by atoms with Gasteiger partial charge in [0.2, 0.25) is 11.6 Å². The molecule has 0 bridgehead atoms. The van der Waals surface area contributed by atoms with E-state index in [0.29, 0.717) is 95.9 Å². The van der Waals surface area contributed by atoms with Crippen LogP contribution in [0.15, 0.2) is 200 Å². The molecule has 0 saturated heterocycles. The number of ether oxygens (including phenoxy) is 5. The van der Waals surface area contributed by atoms with Crippen molar-refractivity contribution in [3.63, 3.8) is 0 Å². The molecule has 17 nitrogen and oxygen atoms in total. The van der Waals surface area contributed by atoms with Gasteiger partial charge in [0.25, 0.3) is 0 Å². The first-order chi connectivity index (χ1) is 47.3. The lowest BCUT2D eigenvalue weighted by molar-refractivity contribution is 0.333. The summed E-state index contributed by atoms with van der Waals surface area (Å²) >= 11 is 0. The minimum absolute atomic E-state index is 0.126. The minimum Gasteiger partial charge on any atom is -0.459 e. The second-order valence-electron chi connectivity index (χ2n) is 22.7. The number of pyridine rings is 1. The fraction of sp³-hybridized carbons (Fsp3) is 0.133. The molecule has 0 aliphatic carbocycles. The van der Waals surface area contributed by atoms with Gasteiger partial charge in [0.05, 0.1) is 71.5 Å². The van der Waals surface area contributed by atoms with Gasteiger partial charge in [0.15, 0.2) is 22.7 Å². The van der Waals surface area contributed by atoms with Crippen LogP contribution < -0.4 is 51.0 Å². The number of rotatable bonds is 10. The third kappa shape index (κ3) is 16.8. The molecule has 0 amide bonds. The van der Waals surface area contributed by atoms with Gasteiger partial charge in [-0.05, 0) is 176 Å². The predicted molar refractivity (Wildman–Crippen MR) is 379 cm³/mol. The van der Waals surface area contributed by atoms with Crippen LogP contribution in [0.4, 0.5) is 28.4 Å². The van der Waals surface area contributed by atoms with Crippen molar-refractivity contribution in [2.24, 2.45) is 0 Å². The maximum absolute atomic E-state index is 9.04. The predicted octanol–water partition coefficient (Wildman–Crippen LogP) is 16.2. The van der Waals surface area contributed by atoms with E-state index < -0.39 is 0 Å². The first kappa shape index (κ1) is 66.6. The third-order valence-corrected chi connectivity index (χ3v) is 16.3. The number of aromatic nitrogens is 1. The Kier molecular flexibility index (Phi) is 21.6. The zero-order chi connectivity index (χ0) is 67.8. The first-order valence-corrected chi connectivity index (χ1v) is 31.1. The molecule has 10 aromatic rings. The average Bonchev–Trinajstić information content (AvgIpc) is 1.87. The van der Waals surface area contributed by atoms with Crippen molar-refractivity contribution in [1.82, 2.24) is 4.98 Å². The van der Waals surface area contributed by atoms with Gasteiger partial charge in [-0.2, -0.15) is 5.26 Å².